The Kier molecular flexibility index (Phi) is 5.78. The molecule has 134 valence electrons. The Bertz CT molecular complexity index is 897. The monoisotopic (exact) mass is 356 g/mol. The molecule has 2 aromatic carbocycles. The Morgan fingerprint density at radius 3 is 2.41 bits per heavy atom. The molecule has 0 saturated carbocycles. The summed E-state index contributed by atoms with van der Waals surface area (Å²) >= 11 is 0. The van der Waals surface area contributed by atoms with Crippen molar-refractivity contribution >= 4 is 11.4 Å². The fourth-order valence-electron chi connectivity index (χ4n) is 2.93. The lowest BCUT2D eigenvalue weighted by atomic mass is 10.1. The number of benzene rings is 2. The van der Waals surface area contributed by atoms with Crippen LogP contribution in [-0.2, 0) is 6.54 Å². The fraction of sp³-hybridized carbons (Fsp3) is 0.217. The second kappa shape index (κ2) is 8.61. The molecule has 0 aromatic heterocycles. The highest BCUT2D eigenvalue weighted by atomic mass is 16.5. The van der Waals surface area contributed by atoms with Gasteiger partial charge >= 0.3 is 0 Å². The third-order valence-electron chi connectivity index (χ3n) is 4.23. The summed E-state index contributed by atoms with van der Waals surface area (Å²) in [6, 6.07) is 13.8. The lowest BCUT2D eigenvalue weighted by Gasteiger charge is -2.32. The standard InChI is InChI=1S/C23H20N2O2/c1-4-13-24(14-5-2)21-9-12-23-19(16-21)17-25(18-27-23)20-7-10-22(11-8-20)26-15-6-3/h1-3,7-12,16H,13-15,17-18H2. The lowest BCUT2D eigenvalue weighted by Crippen LogP contribution is -2.32. The first-order valence-corrected chi connectivity index (χ1v) is 8.54. The molecule has 4 nitrogen and oxygen atoms in total. The van der Waals surface area contributed by atoms with Gasteiger partial charge in [-0.3, -0.25) is 0 Å². The van der Waals surface area contributed by atoms with E-state index in [-0.39, 0.29) is 6.61 Å². The van der Waals surface area contributed by atoms with Crippen molar-refractivity contribution in [3.05, 3.63) is 48.0 Å². The van der Waals surface area contributed by atoms with E-state index in [1.54, 1.807) is 0 Å². The second-order valence-electron chi connectivity index (χ2n) is 6.01. The summed E-state index contributed by atoms with van der Waals surface area (Å²) in [5, 5.41) is 0. The van der Waals surface area contributed by atoms with E-state index >= 15 is 0 Å². The first-order chi connectivity index (χ1) is 13.2. The molecule has 0 spiro atoms. The van der Waals surface area contributed by atoms with Crippen LogP contribution in [0.3, 0.4) is 0 Å². The van der Waals surface area contributed by atoms with Gasteiger partial charge in [-0.05, 0) is 42.5 Å². The number of terminal acetylenes is 3. The van der Waals surface area contributed by atoms with E-state index in [0.29, 0.717) is 19.8 Å². The summed E-state index contributed by atoms with van der Waals surface area (Å²) in [5.74, 6) is 9.38. The van der Waals surface area contributed by atoms with Crippen LogP contribution in [0.1, 0.15) is 5.56 Å². The molecule has 0 N–H and O–H groups in total. The van der Waals surface area contributed by atoms with Gasteiger partial charge in [-0.15, -0.1) is 19.3 Å². The first kappa shape index (κ1) is 18.1. The number of rotatable bonds is 6. The van der Waals surface area contributed by atoms with E-state index in [0.717, 1.165) is 35.0 Å². The van der Waals surface area contributed by atoms with Crippen LogP contribution in [0.5, 0.6) is 11.5 Å². The predicted octanol–water partition coefficient (Wildman–Crippen LogP) is 3.13. The topological polar surface area (TPSA) is 24.9 Å². The number of nitrogens with zero attached hydrogens (tertiary/aromatic N) is 2. The van der Waals surface area contributed by atoms with E-state index < -0.39 is 0 Å². The molecule has 1 aliphatic heterocycles. The minimum Gasteiger partial charge on any atom is -0.481 e. The minimum atomic E-state index is 0.258. The van der Waals surface area contributed by atoms with Crippen LogP contribution >= 0.6 is 0 Å². The molecule has 0 atom stereocenters. The number of fused-ring (bicyclic) bond motifs is 1. The largest absolute Gasteiger partial charge is 0.481 e. The predicted molar refractivity (Wildman–Crippen MR) is 109 cm³/mol. The Labute approximate surface area is 160 Å². The molecule has 0 bridgehead atoms. The molecule has 0 unspecified atom stereocenters. The molecule has 0 radical (unpaired) electrons. The number of hydrogen-bond acceptors (Lipinski definition) is 4. The van der Waals surface area contributed by atoms with Gasteiger partial charge in [0, 0.05) is 23.5 Å². The van der Waals surface area contributed by atoms with E-state index in [4.69, 9.17) is 28.7 Å². The van der Waals surface area contributed by atoms with Crippen LogP contribution in [0.4, 0.5) is 11.4 Å². The zero-order chi connectivity index (χ0) is 19.1. The van der Waals surface area contributed by atoms with E-state index in [1.807, 2.05) is 41.3 Å². The Balaban J connectivity index is 1.77. The number of hydrogen-bond donors (Lipinski definition) is 0. The first-order valence-electron chi connectivity index (χ1n) is 8.54. The van der Waals surface area contributed by atoms with Gasteiger partial charge in [-0.2, -0.15) is 0 Å². The van der Waals surface area contributed by atoms with Crippen molar-refractivity contribution < 1.29 is 9.47 Å². The van der Waals surface area contributed by atoms with Gasteiger partial charge in [0.25, 0.3) is 0 Å². The van der Waals surface area contributed by atoms with Crippen LogP contribution in [0.2, 0.25) is 0 Å². The van der Waals surface area contributed by atoms with E-state index in [2.05, 4.69) is 28.7 Å². The highest BCUT2D eigenvalue weighted by Crippen LogP contribution is 2.32. The van der Waals surface area contributed by atoms with Gasteiger partial charge in [-0.1, -0.05) is 17.8 Å². The van der Waals surface area contributed by atoms with Gasteiger partial charge in [0.05, 0.1) is 13.1 Å². The van der Waals surface area contributed by atoms with Gasteiger partial charge in [0.2, 0.25) is 0 Å². The summed E-state index contributed by atoms with van der Waals surface area (Å²) in [5.41, 5.74) is 3.13. The zero-order valence-corrected chi connectivity index (χ0v) is 15.0. The Hall–Kier alpha value is -3.68. The van der Waals surface area contributed by atoms with Gasteiger partial charge < -0.3 is 19.3 Å². The SMILES string of the molecule is C#CCOc1ccc(N2COc3ccc(N(CC#C)CC#C)cc3C2)cc1. The van der Waals surface area contributed by atoms with Crippen LogP contribution in [0.25, 0.3) is 0 Å². The van der Waals surface area contributed by atoms with Crippen molar-refractivity contribution in [3.8, 4) is 48.5 Å². The third kappa shape index (κ3) is 4.30. The minimum absolute atomic E-state index is 0.258. The summed E-state index contributed by atoms with van der Waals surface area (Å²) in [7, 11) is 0. The Morgan fingerprint density at radius 1 is 1.00 bits per heavy atom. The van der Waals surface area contributed by atoms with Crippen molar-refractivity contribution in [2.45, 2.75) is 6.54 Å². The Morgan fingerprint density at radius 2 is 1.74 bits per heavy atom. The summed E-state index contributed by atoms with van der Waals surface area (Å²) in [6.45, 7) is 2.40. The second-order valence-corrected chi connectivity index (χ2v) is 6.01. The molecule has 0 fully saturated rings. The zero-order valence-electron chi connectivity index (χ0n) is 15.0. The summed E-state index contributed by atoms with van der Waals surface area (Å²) in [4.78, 5) is 4.13. The maximum Gasteiger partial charge on any atom is 0.161 e. The molecule has 0 amide bonds. The number of anilines is 2. The molecule has 0 aliphatic carbocycles. The van der Waals surface area contributed by atoms with Gasteiger partial charge in [0.1, 0.15) is 18.1 Å². The molecule has 1 heterocycles. The molecule has 27 heavy (non-hydrogen) atoms. The summed E-state index contributed by atoms with van der Waals surface area (Å²) in [6.07, 6.45) is 16.1. The van der Waals surface area contributed by atoms with Crippen LogP contribution in [0.15, 0.2) is 42.5 Å². The highest BCUT2D eigenvalue weighted by Gasteiger charge is 2.19. The fourth-order valence-corrected chi connectivity index (χ4v) is 2.93. The maximum absolute atomic E-state index is 5.91. The maximum atomic E-state index is 5.91. The van der Waals surface area contributed by atoms with Crippen LogP contribution < -0.4 is 19.3 Å². The average Bonchev–Trinajstić information content (AvgIpc) is 2.71. The van der Waals surface area contributed by atoms with Crippen molar-refractivity contribution in [1.29, 1.82) is 0 Å². The molecular weight excluding hydrogens is 336 g/mol. The van der Waals surface area contributed by atoms with Crippen molar-refractivity contribution in [2.24, 2.45) is 0 Å². The lowest BCUT2D eigenvalue weighted by molar-refractivity contribution is 0.289. The normalized spacial score (nSPS) is 12.0. The molecular formula is C23H20N2O2. The van der Waals surface area contributed by atoms with Gasteiger partial charge in [0.15, 0.2) is 6.73 Å². The molecule has 0 saturated heterocycles. The highest BCUT2D eigenvalue weighted by molar-refractivity contribution is 5.58. The molecule has 2 aromatic rings. The van der Waals surface area contributed by atoms with Gasteiger partial charge in [-0.25, -0.2) is 0 Å². The molecule has 4 heteroatoms. The molecule has 1 aliphatic rings. The van der Waals surface area contributed by atoms with E-state index in [1.165, 1.54) is 0 Å². The number of ether oxygens (including phenoxy) is 2. The van der Waals surface area contributed by atoms with Crippen molar-refractivity contribution in [2.75, 3.05) is 36.2 Å². The van der Waals surface area contributed by atoms with E-state index in [9.17, 15) is 0 Å². The van der Waals surface area contributed by atoms with Crippen molar-refractivity contribution in [3.63, 3.8) is 0 Å². The van der Waals surface area contributed by atoms with Crippen LogP contribution in [0, 0.1) is 37.0 Å². The molecule has 3 rings (SSSR count). The van der Waals surface area contributed by atoms with Crippen LogP contribution in [-0.4, -0.2) is 26.4 Å². The quantitative estimate of drug-likeness (QED) is 0.743. The smallest absolute Gasteiger partial charge is 0.161 e. The summed E-state index contributed by atoms with van der Waals surface area (Å²) < 4.78 is 11.3. The van der Waals surface area contributed by atoms with Crippen molar-refractivity contribution in [1.82, 2.24) is 0 Å². The third-order valence-corrected chi connectivity index (χ3v) is 4.23. The average molecular weight is 356 g/mol.